The maximum absolute atomic E-state index is 5.28. The quantitative estimate of drug-likeness (QED) is 0.641. The van der Waals surface area contributed by atoms with Crippen molar-refractivity contribution >= 4 is 0 Å². The minimum absolute atomic E-state index is 0.382. The fourth-order valence-electron chi connectivity index (χ4n) is 2.34. The largest absolute Gasteiger partial charge is 0.377 e. The van der Waals surface area contributed by atoms with Crippen molar-refractivity contribution in [3.63, 3.8) is 0 Å². The van der Waals surface area contributed by atoms with Gasteiger partial charge < -0.3 is 10.1 Å². The van der Waals surface area contributed by atoms with E-state index in [0.29, 0.717) is 5.54 Å². The summed E-state index contributed by atoms with van der Waals surface area (Å²) in [7, 11) is 0. The van der Waals surface area contributed by atoms with E-state index in [0.717, 1.165) is 25.0 Å². The van der Waals surface area contributed by atoms with Crippen molar-refractivity contribution in [1.29, 1.82) is 0 Å². The molecule has 2 heteroatoms. The molecule has 12 heavy (non-hydrogen) atoms. The zero-order valence-corrected chi connectivity index (χ0v) is 8.10. The molecule has 0 aromatic heterocycles. The molecular weight excluding hydrogens is 150 g/mol. The summed E-state index contributed by atoms with van der Waals surface area (Å²) in [5.74, 6) is 1.75. The summed E-state index contributed by atoms with van der Waals surface area (Å²) < 4.78 is 5.28. The van der Waals surface area contributed by atoms with Gasteiger partial charge in [0, 0.05) is 0 Å². The van der Waals surface area contributed by atoms with Crippen molar-refractivity contribution in [2.75, 3.05) is 19.8 Å². The molecule has 0 amide bonds. The van der Waals surface area contributed by atoms with Gasteiger partial charge in [-0.25, -0.2) is 0 Å². The highest BCUT2D eigenvalue weighted by Gasteiger charge is 2.42. The molecule has 0 saturated carbocycles. The lowest BCUT2D eigenvalue weighted by Crippen LogP contribution is -2.64. The van der Waals surface area contributed by atoms with E-state index in [1.807, 2.05) is 0 Å². The van der Waals surface area contributed by atoms with Crippen molar-refractivity contribution in [3.8, 4) is 0 Å². The highest BCUT2D eigenvalue weighted by atomic mass is 16.5. The van der Waals surface area contributed by atoms with Gasteiger partial charge in [-0.2, -0.15) is 0 Å². The number of hydrogen-bond donors (Lipinski definition) is 1. The zero-order valence-electron chi connectivity index (χ0n) is 8.10. The van der Waals surface area contributed by atoms with Crippen LogP contribution in [0, 0.1) is 11.8 Å². The molecule has 1 N–H and O–H groups in total. The van der Waals surface area contributed by atoms with E-state index < -0.39 is 0 Å². The Morgan fingerprint density at radius 1 is 1.42 bits per heavy atom. The third-order valence-corrected chi connectivity index (χ3v) is 3.37. The van der Waals surface area contributed by atoms with Crippen molar-refractivity contribution in [1.82, 2.24) is 5.32 Å². The minimum atomic E-state index is 0.382. The summed E-state index contributed by atoms with van der Waals surface area (Å²) in [6.45, 7) is 7.74. The summed E-state index contributed by atoms with van der Waals surface area (Å²) >= 11 is 0. The predicted octanol–water partition coefficient (Wildman–Crippen LogP) is 1.41. The fraction of sp³-hybridized carbons (Fsp3) is 1.00. The fourth-order valence-corrected chi connectivity index (χ4v) is 2.34. The van der Waals surface area contributed by atoms with Crippen molar-refractivity contribution in [2.45, 2.75) is 32.2 Å². The first-order valence-electron chi connectivity index (χ1n) is 5.05. The van der Waals surface area contributed by atoms with E-state index in [4.69, 9.17) is 4.74 Å². The van der Waals surface area contributed by atoms with Gasteiger partial charge in [0.1, 0.15) is 0 Å². The molecule has 1 unspecified atom stereocenters. The first kappa shape index (κ1) is 8.52. The SMILES string of the molecule is CC(C)C1CCNC2(COC2)C1. The average Bonchev–Trinajstić information content (AvgIpc) is 2.02. The Balaban J connectivity index is 1.94. The van der Waals surface area contributed by atoms with Crippen LogP contribution in [0.5, 0.6) is 0 Å². The van der Waals surface area contributed by atoms with Crippen molar-refractivity contribution in [2.24, 2.45) is 11.8 Å². The number of nitrogens with one attached hydrogen (secondary N) is 1. The Labute approximate surface area is 74.7 Å². The van der Waals surface area contributed by atoms with Crippen LogP contribution in [0.3, 0.4) is 0 Å². The minimum Gasteiger partial charge on any atom is -0.377 e. The number of piperidine rings is 1. The van der Waals surface area contributed by atoms with Crippen molar-refractivity contribution < 1.29 is 4.74 Å². The van der Waals surface area contributed by atoms with Crippen molar-refractivity contribution in [3.05, 3.63) is 0 Å². The van der Waals surface area contributed by atoms with Crippen LogP contribution in [0.25, 0.3) is 0 Å². The van der Waals surface area contributed by atoms with Gasteiger partial charge in [0.2, 0.25) is 0 Å². The normalized spacial score (nSPS) is 33.8. The number of rotatable bonds is 1. The Kier molecular flexibility index (Phi) is 2.13. The predicted molar refractivity (Wildman–Crippen MR) is 49.1 cm³/mol. The van der Waals surface area contributed by atoms with E-state index >= 15 is 0 Å². The van der Waals surface area contributed by atoms with E-state index in [1.54, 1.807) is 0 Å². The number of hydrogen-bond acceptors (Lipinski definition) is 2. The van der Waals surface area contributed by atoms with Crippen LogP contribution in [0.4, 0.5) is 0 Å². The van der Waals surface area contributed by atoms with Gasteiger partial charge in [-0.1, -0.05) is 13.8 Å². The van der Waals surface area contributed by atoms with Crippen LogP contribution in [-0.4, -0.2) is 25.3 Å². The lowest BCUT2D eigenvalue weighted by atomic mass is 9.76. The smallest absolute Gasteiger partial charge is 0.0672 e. The molecule has 2 nitrogen and oxygen atoms in total. The maximum Gasteiger partial charge on any atom is 0.0672 e. The van der Waals surface area contributed by atoms with Gasteiger partial charge in [0.05, 0.1) is 18.8 Å². The molecule has 70 valence electrons. The molecule has 2 aliphatic rings. The summed E-state index contributed by atoms with van der Waals surface area (Å²) in [5, 5.41) is 3.59. The molecule has 2 rings (SSSR count). The third kappa shape index (κ3) is 1.38. The molecule has 0 aromatic carbocycles. The monoisotopic (exact) mass is 169 g/mol. The lowest BCUT2D eigenvalue weighted by molar-refractivity contribution is -0.0987. The summed E-state index contributed by atoms with van der Waals surface area (Å²) in [6.07, 6.45) is 2.67. The second-order valence-corrected chi connectivity index (χ2v) is 4.70. The average molecular weight is 169 g/mol. The molecular formula is C10H19NO. The Hall–Kier alpha value is -0.0800. The van der Waals surface area contributed by atoms with E-state index in [9.17, 15) is 0 Å². The van der Waals surface area contributed by atoms with Gasteiger partial charge in [-0.05, 0) is 31.2 Å². The molecule has 0 radical (unpaired) electrons. The first-order chi connectivity index (χ1) is 5.72. The van der Waals surface area contributed by atoms with E-state index in [-0.39, 0.29) is 0 Å². The Bertz CT molecular complexity index is 163. The summed E-state index contributed by atoms with van der Waals surface area (Å²) in [5.41, 5.74) is 0.382. The van der Waals surface area contributed by atoms with Gasteiger partial charge in [0.15, 0.2) is 0 Å². The summed E-state index contributed by atoms with van der Waals surface area (Å²) in [4.78, 5) is 0. The zero-order chi connectivity index (χ0) is 8.60. The van der Waals surface area contributed by atoms with Crippen LogP contribution in [0.1, 0.15) is 26.7 Å². The summed E-state index contributed by atoms with van der Waals surface area (Å²) in [6, 6.07) is 0. The molecule has 2 heterocycles. The van der Waals surface area contributed by atoms with Crippen LogP contribution in [-0.2, 0) is 4.74 Å². The Morgan fingerprint density at radius 3 is 2.67 bits per heavy atom. The van der Waals surface area contributed by atoms with Crippen LogP contribution in [0.15, 0.2) is 0 Å². The maximum atomic E-state index is 5.28. The van der Waals surface area contributed by atoms with E-state index in [1.165, 1.54) is 19.4 Å². The third-order valence-electron chi connectivity index (χ3n) is 3.37. The Morgan fingerprint density at radius 2 is 2.17 bits per heavy atom. The first-order valence-corrected chi connectivity index (χ1v) is 5.05. The molecule has 1 spiro atoms. The number of ether oxygens (including phenoxy) is 1. The van der Waals surface area contributed by atoms with Crippen LogP contribution < -0.4 is 5.32 Å². The highest BCUT2D eigenvalue weighted by Crippen LogP contribution is 2.34. The molecule has 0 aromatic rings. The van der Waals surface area contributed by atoms with E-state index in [2.05, 4.69) is 19.2 Å². The van der Waals surface area contributed by atoms with Crippen LogP contribution in [0.2, 0.25) is 0 Å². The van der Waals surface area contributed by atoms with Gasteiger partial charge in [0.25, 0.3) is 0 Å². The lowest BCUT2D eigenvalue weighted by Gasteiger charge is -2.48. The topological polar surface area (TPSA) is 21.3 Å². The molecule has 2 fully saturated rings. The van der Waals surface area contributed by atoms with Gasteiger partial charge in [-0.15, -0.1) is 0 Å². The highest BCUT2D eigenvalue weighted by molar-refractivity contribution is 4.99. The van der Waals surface area contributed by atoms with Gasteiger partial charge in [-0.3, -0.25) is 0 Å². The molecule has 2 aliphatic heterocycles. The molecule has 0 bridgehead atoms. The second-order valence-electron chi connectivity index (χ2n) is 4.70. The molecule has 2 saturated heterocycles. The van der Waals surface area contributed by atoms with Gasteiger partial charge >= 0.3 is 0 Å². The second kappa shape index (κ2) is 3.00. The van der Waals surface area contributed by atoms with Crippen LogP contribution >= 0.6 is 0 Å². The molecule has 1 atom stereocenters. The molecule has 0 aliphatic carbocycles. The standard InChI is InChI=1S/C10H19NO/c1-8(2)9-3-4-11-10(5-9)6-12-7-10/h8-9,11H,3-7H2,1-2H3.